The summed E-state index contributed by atoms with van der Waals surface area (Å²) in [6.07, 6.45) is 0.743. The lowest BCUT2D eigenvalue weighted by molar-refractivity contribution is -0.117. The van der Waals surface area contributed by atoms with E-state index >= 15 is 0 Å². The number of benzene rings is 3. The lowest BCUT2D eigenvalue weighted by Crippen LogP contribution is -2.37. The number of fused-ring (bicyclic) bond motifs is 1. The predicted octanol–water partition coefficient (Wildman–Crippen LogP) is 4.83. The van der Waals surface area contributed by atoms with Crippen molar-refractivity contribution in [1.29, 1.82) is 0 Å². The normalized spacial score (nSPS) is 12.6. The molecule has 0 saturated carbocycles. The van der Waals surface area contributed by atoms with Gasteiger partial charge in [0.2, 0.25) is 15.9 Å². The van der Waals surface area contributed by atoms with Crippen molar-refractivity contribution in [3.05, 3.63) is 88.9 Å². The van der Waals surface area contributed by atoms with Crippen LogP contribution in [0.2, 0.25) is 0 Å². The summed E-state index contributed by atoms with van der Waals surface area (Å²) in [5.41, 5.74) is 2.94. The van der Waals surface area contributed by atoms with Gasteiger partial charge in [-0.05, 0) is 48.7 Å². The number of aryl methyl sites for hydroxylation is 2. The smallest absolute Gasteiger partial charge is 0.247 e. The molecule has 1 amide bonds. The Labute approximate surface area is 191 Å². The molecule has 0 saturated heterocycles. The number of carbonyl (C=O) groups excluding carboxylic acids is 1. The molecular formula is C24H23N3O3S2. The molecule has 8 heteroatoms. The summed E-state index contributed by atoms with van der Waals surface area (Å²) in [5, 5.41) is 3.75. The van der Waals surface area contributed by atoms with Crippen LogP contribution in [0.3, 0.4) is 0 Å². The van der Waals surface area contributed by atoms with E-state index in [1.54, 1.807) is 36.4 Å². The van der Waals surface area contributed by atoms with E-state index in [1.165, 1.54) is 17.4 Å². The molecule has 164 valence electrons. The lowest BCUT2D eigenvalue weighted by atomic mass is 10.1. The van der Waals surface area contributed by atoms with Gasteiger partial charge in [0.05, 0.1) is 20.1 Å². The molecule has 0 fully saturated rings. The van der Waals surface area contributed by atoms with E-state index in [0.29, 0.717) is 11.3 Å². The Kier molecular flexibility index (Phi) is 6.36. The summed E-state index contributed by atoms with van der Waals surface area (Å²) >= 11 is 1.43. The first-order valence-electron chi connectivity index (χ1n) is 10.2. The first kappa shape index (κ1) is 22.1. The molecule has 1 atom stereocenters. The number of nitrogens with one attached hydrogen (secondary N) is 2. The minimum Gasteiger partial charge on any atom is -0.324 e. The second-order valence-corrected chi connectivity index (χ2v) is 10.3. The SMILES string of the molecule is CCc1ccccc1NC(=O)[C@@H](NS(=O)(=O)c1ccc2nc(C)sc2c1)c1ccccc1. The molecule has 4 rings (SSSR count). The molecule has 0 aliphatic carbocycles. The Morgan fingerprint density at radius 1 is 1.03 bits per heavy atom. The highest BCUT2D eigenvalue weighted by Crippen LogP contribution is 2.26. The number of anilines is 1. The van der Waals surface area contributed by atoms with Crippen molar-refractivity contribution in [3.8, 4) is 0 Å². The Morgan fingerprint density at radius 3 is 2.50 bits per heavy atom. The largest absolute Gasteiger partial charge is 0.324 e. The Bertz CT molecular complexity index is 1370. The Balaban J connectivity index is 1.67. The highest BCUT2D eigenvalue weighted by atomic mass is 32.2. The minimum atomic E-state index is -3.97. The van der Waals surface area contributed by atoms with Crippen molar-refractivity contribution in [1.82, 2.24) is 9.71 Å². The molecule has 0 bridgehead atoms. The molecule has 2 N–H and O–H groups in total. The maximum absolute atomic E-state index is 13.3. The van der Waals surface area contributed by atoms with Crippen LogP contribution in [0.15, 0.2) is 77.7 Å². The standard InChI is InChI=1S/C24H23N3O3S2/c1-3-17-9-7-8-12-20(17)26-24(28)23(18-10-5-4-6-11-18)27-32(29,30)19-13-14-21-22(15-19)31-16(2)25-21/h4-15,23,27H,3H2,1-2H3,(H,26,28)/t23-/m0/s1. The molecule has 1 heterocycles. The van der Waals surface area contributed by atoms with Crippen LogP contribution >= 0.6 is 11.3 Å². The topological polar surface area (TPSA) is 88.2 Å². The van der Waals surface area contributed by atoms with Gasteiger partial charge in [-0.15, -0.1) is 11.3 Å². The average Bonchev–Trinajstić information content (AvgIpc) is 3.17. The third-order valence-corrected chi connectivity index (χ3v) is 7.46. The van der Waals surface area contributed by atoms with E-state index in [-0.39, 0.29) is 4.90 Å². The number of hydrogen-bond donors (Lipinski definition) is 2. The average molecular weight is 466 g/mol. The second-order valence-electron chi connectivity index (χ2n) is 7.33. The van der Waals surface area contributed by atoms with E-state index in [1.807, 2.05) is 44.2 Å². The van der Waals surface area contributed by atoms with E-state index in [9.17, 15) is 13.2 Å². The van der Waals surface area contributed by atoms with Crippen LogP contribution in [0.25, 0.3) is 10.2 Å². The summed E-state index contributed by atoms with van der Waals surface area (Å²) in [6, 6.07) is 20.0. The van der Waals surface area contributed by atoms with Crippen LogP contribution in [0.4, 0.5) is 5.69 Å². The van der Waals surface area contributed by atoms with Crippen LogP contribution in [0.5, 0.6) is 0 Å². The molecule has 32 heavy (non-hydrogen) atoms. The number of sulfonamides is 1. The number of amides is 1. The number of aromatic nitrogens is 1. The zero-order chi connectivity index (χ0) is 22.7. The van der Waals surface area contributed by atoms with Gasteiger partial charge < -0.3 is 5.32 Å². The summed E-state index contributed by atoms with van der Waals surface area (Å²) in [7, 11) is -3.97. The molecular weight excluding hydrogens is 442 g/mol. The van der Waals surface area contributed by atoms with Gasteiger partial charge in [-0.2, -0.15) is 4.72 Å². The number of hydrogen-bond acceptors (Lipinski definition) is 5. The molecule has 4 aromatic rings. The van der Waals surface area contributed by atoms with E-state index in [4.69, 9.17) is 0 Å². The maximum Gasteiger partial charge on any atom is 0.247 e. The van der Waals surface area contributed by atoms with Gasteiger partial charge in [-0.25, -0.2) is 13.4 Å². The van der Waals surface area contributed by atoms with E-state index in [0.717, 1.165) is 27.2 Å². The molecule has 3 aromatic carbocycles. The fraction of sp³-hybridized carbons (Fsp3) is 0.167. The third kappa shape index (κ3) is 4.72. The molecule has 0 radical (unpaired) electrons. The van der Waals surface area contributed by atoms with Crippen LogP contribution in [-0.4, -0.2) is 19.3 Å². The van der Waals surface area contributed by atoms with Crippen molar-refractivity contribution in [3.63, 3.8) is 0 Å². The second kappa shape index (κ2) is 9.20. The minimum absolute atomic E-state index is 0.0938. The van der Waals surface area contributed by atoms with Crippen LogP contribution < -0.4 is 10.0 Å². The zero-order valence-electron chi connectivity index (χ0n) is 17.7. The number of carbonyl (C=O) groups is 1. The number of thiazole rings is 1. The van der Waals surface area contributed by atoms with Crippen molar-refractivity contribution < 1.29 is 13.2 Å². The Hall–Kier alpha value is -3.07. The number of rotatable bonds is 7. The lowest BCUT2D eigenvalue weighted by Gasteiger charge is -2.20. The highest BCUT2D eigenvalue weighted by molar-refractivity contribution is 7.89. The molecule has 0 unspecified atom stereocenters. The predicted molar refractivity (Wildman–Crippen MR) is 128 cm³/mol. The van der Waals surface area contributed by atoms with Crippen LogP contribution in [0.1, 0.15) is 29.1 Å². The van der Waals surface area contributed by atoms with Crippen LogP contribution in [-0.2, 0) is 21.2 Å². The quantitative estimate of drug-likeness (QED) is 0.409. The van der Waals surface area contributed by atoms with Crippen molar-refractivity contribution in [2.75, 3.05) is 5.32 Å². The number of nitrogens with zero attached hydrogens (tertiary/aromatic N) is 1. The van der Waals surface area contributed by atoms with Gasteiger partial charge in [0.15, 0.2) is 0 Å². The first-order chi connectivity index (χ1) is 15.4. The molecule has 0 aliphatic rings. The van der Waals surface area contributed by atoms with Crippen LogP contribution in [0, 0.1) is 6.92 Å². The van der Waals surface area contributed by atoms with Crippen molar-refractivity contribution in [2.24, 2.45) is 0 Å². The van der Waals surface area contributed by atoms with Gasteiger partial charge in [0, 0.05) is 5.69 Å². The van der Waals surface area contributed by atoms with Crippen molar-refractivity contribution in [2.45, 2.75) is 31.2 Å². The molecule has 0 spiro atoms. The summed E-state index contributed by atoms with van der Waals surface area (Å²) in [4.78, 5) is 17.7. The third-order valence-electron chi connectivity index (χ3n) is 5.10. The van der Waals surface area contributed by atoms with Gasteiger partial charge in [-0.1, -0.05) is 55.5 Å². The fourth-order valence-corrected chi connectivity index (χ4v) is 5.64. The highest BCUT2D eigenvalue weighted by Gasteiger charge is 2.28. The monoisotopic (exact) mass is 465 g/mol. The van der Waals surface area contributed by atoms with Gasteiger partial charge in [0.1, 0.15) is 6.04 Å². The maximum atomic E-state index is 13.3. The number of para-hydroxylation sites is 1. The van der Waals surface area contributed by atoms with Crippen molar-refractivity contribution >= 4 is 43.2 Å². The Morgan fingerprint density at radius 2 is 1.75 bits per heavy atom. The van der Waals surface area contributed by atoms with Gasteiger partial charge in [0.25, 0.3) is 0 Å². The first-order valence-corrected chi connectivity index (χ1v) is 12.5. The molecule has 1 aromatic heterocycles. The molecule has 6 nitrogen and oxygen atoms in total. The molecule has 0 aliphatic heterocycles. The van der Waals surface area contributed by atoms with Gasteiger partial charge in [-0.3, -0.25) is 4.79 Å². The van der Waals surface area contributed by atoms with E-state index in [2.05, 4.69) is 15.0 Å². The van der Waals surface area contributed by atoms with Gasteiger partial charge >= 0.3 is 0 Å². The fourth-order valence-electron chi connectivity index (χ4n) is 3.48. The summed E-state index contributed by atoms with van der Waals surface area (Å²) < 4.78 is 29.9. The zero-order valence-corrected chi connectivity index (χ0v) is 19.3. The summed E-state index contributed by atoms with van der Waals surface area (Å²) in [5.74, 6) is -0.449. The van der Waals surface area contributed by atoms with E-state index < -0.39 is 22.0 Å². The summed E-state index contributed by atoms with van der Waals surface area (Å²) in [6.45, 7) is 3.88.